The van der Waals surface area contributed by atoms with Crippen LogP contribution < -0.4 is 16.0 Å². The number of carbonyl (C=O) groups is 2. The van der Waals surface area contributed by atoms with Crippen LogP contribution in [-0.4, -0.2) is 37.2 Å². The molecule has 0 fully saturated rings. The number of carbonyl (C=O) groups excluding carboxylic acids is 2. The van der Waals surface area contributed by atoms with Gasteiger partial charge in [-0.05, 0) is 61.1 Å². The van der Waals surface area contributed by atoms with Gasteiger partial charge in [0.1, 0.15) is 0 Å². The van der Waals surface area contributed by atoms with E-state index in [1.807, 2.05) is 0 Å². The number of methoxy groups -OCH3 is 1. The van der Waals surface area contributed by atoms with Crippen LogP contribution in [0.2, 0.25) is 5.02 Å². The summed E-state index contributed by atoms with van der Waals surface area (Å²) in [6.45, 7) is 1.11. The molecule has 0 aliphatic carbocycles. The number of benzene rings is 2. The Balaban J connectivity index is 1.90. The third-order valence-electron chi connectivity index (χ3n) is 3.53. The monoisotopic (exact) mass is 405 g/mol. The molecule has 0 aliphatic heterocycles. The topological polar surface area (TPSA) is 79.5 Å². The Labute approximate surface area is 168 Å². The second-order valence-electron chi connectivity index (χ2n) is 5.60. The second-order valence-corrected chi connectivity index (χ2v) is 6.44. The molecule has 6 nitrogen and oxygen atoms in total. The lowest BCUT2D eigenvalue weighted by atomic mass is 10.2. The van der Waals surface area contributed by atoms with Crippen molar-refractivity contribution in [1.29, 1.82) is 0 Å². The zero-order chi connectivity index (χ0) is 19.6. The molecule has 3 N–H and O–H groups in total. The predicted octanol–water partition coefficient (Wildman–Crippen LogP) is 3.23. The Hall–Kier alpha value is -2.48. The number of nitrogens with one attached hydrogen (secondary N) is 3. The number of amides is 2. The van der Waals surface area contributed by atoms with E-state index >= 15 is 0 Å². The molecular formula is C19H20ClN3O3S. The third kappa shape index (κ3) is 6.97. The molecule has 27 heavy (non-hydrogen) atoms. The smallest absolute Gasteiger partial charge is 0.257 e. The normalized spacial score (nSPS) is 10.1. The van der Waals surface area contributed by atoms with E-state index in [1.54, 1.807) is 55.6 Å². The van der Waals surface area contributed by atoms with Gasteiger partial charge in [0.15, 0.2) is 5.11 Å². The maximum Gasteiger partial charge on any atom is 0.257 e. The molecule has 142 valence electrons. The van der Waals surface area contributed by atoms with E-state index in [2.05, 4.69) is 16.0 Å². The Kier molecular flexibility index (Phi) is 8.19. The van der Waals surface area contributed by atoms with Crippen molar-refractivity contribution >= 4 is 46.4 Å². The lowest BCUT2D eigenvalue weighted by molar-refractivity contribution is 0.0946. The minimum atomic E-state index is -0.351. The van der Waals surface area contributed by atoms with E-state index in [0.717, 1.165) is 6.42 Å². The van der Waals surface area contributed by atoms with Gasteiger partial charge < -0.3 is 15.4 Å². The highest BCUT2D eigenvalue weighted by Gasteiger charge is 2.09. The van der Waals surface area contributed by atoms with Crippen LogP contribution >= 0.6 is 23.8 Å². The van der Waals surface area contributed by atoms with E-state index in [4.69, 9.17) is 28.6 Å². The van der Waals surface area contributed by atoms with Crippen LogP contribution in [-0.2, 0) is 4.74 Å². The molecule has 0 heterocycles. The average Bonchev–Trinajstić information content (AvgIpc) is 2.65. The molecule has 0 aromatic heterocycles. The molecule has 0 saturated carbocycles. The molecule has 0 unspecified atom stereocenters. The summed E-state index contributed by atoms with van der Waals surface area (Å²) < 4.78 is 4.94. The summed E-state index contributed by atoms with van der Waals surface area (Å²) >= 11 is 11.0. The fourth-order valence-electron chi connectivity index (χ4n) is 2.20. The van der Waals surface area contributed by atoms with Gasteiger partial charge in [0.05, 0.1) is 0 Å². The standard InChI is InChI=1S/C19H20ClN3O3S/c1-26-11-3-10-21-17(24)14-4-2-5-16(12-14)22-19(27)23-18(25)13-6-8-15(20)9-7-13/h2,4-9,12H,3,10-11H2,1H3,(H,21,24)(H2,22,23,25,27). The summed E-state index contributed by atoms with van der Waals surface area (Å²) in [4.78, 5) is 24.3. The van der Waals surface area contributed by atoms with Crippen molar-refractivity contribution in [2.45, 2.75) is 6.42 Å². The first-order valence-electron chi connectivity index (χ1n) is 8.24. The maximum absolute atomic E-state index is 12.1. The number of rotatable bonds is 7. The van der Waals surface area contributed by atoms with Crippen molar-refractivity contribution in [3.05, 3.63) is 64.7 Å². The molecule has 0 aliphatic rings. The van der Waals surface area contributed by atoms with Gasteiger partial charge in [-0.15, -0.1) is 0 Å². The number of hydrogen-bond acceptors (Lipinski definition) is 4. The molecule has 0 atom stereocenters. The molecule has 0 bridgehead atoms. The van der Waals surface area contributed by atoms with E-state index < -0.39 is 0 Å². The lowest BCUT2D eigenvalue weighted by Gasteiger charge is -2.11. The van der Waals surface area contributed by atoms with Crippen LogP contribution in [0.4, 0.5) is 5.69 Å². The summed E-state index contributed by atoms with van der Waals surface area (Å²) in [6.07, 6.45) is 0.737. The van der Waals surface area contributed by atoms with Gasteiger partial charge >= 0.3 is 0 Å². The fourth-order valence-corrected chi connectivity index (χ4v) is 2.53. The van der Waals surface area contributed by atoms with E-state index in [1.165, 1.54) is 0 Å². The van der Waals surface area contributed by atoms with Crippen molar-refractivity contribution in [2.24, 2.45) is 0 Å². The fraction of sp³-hybridized carbons (Fsp3) is 0.211. The first-order chi connectivity index (χ1) is 13.0. The second kappa shape index (κ2) is 10.6. The molecule has 2 aromatic rings. The highest BCUT2D eigenvalue weighted by molar-refractivity contribution is 7.80. The Bertz CT molecular complexity index is 812. The summed E-state index contributed by atoms with van der Waals surface area (Å²) in [6, 6.07) is 13.3. The van der Waals surface area contributed by atoms with Gasteiger partial charge in [0.25, 0.3) is 11.8 Å². The Morgan fingerprint density at radius 3 is 2.52 bits per heavy atom. The lowest BCUT2D eigenvalue weighted by Crippen LogP contribution is -2.34. The summed E-state index contributed by atoms with van der Waals surface area (Å²) in [5.41, 5.74) is 1.53. The molecule has 0 spiro atoms. The Morgan fingerprint density at radius 2 is 1.81 bits per heavy atom. The first-order valence-corrected chi connectivity index (χ1v) is 9.03. The highest BCUT2D eigenvalue weighted by atomic mass is 35.5. The van der Waals surface area contributed by atoms with Gasteiger partial charge in [-0.2, -0.15) is 0 Å². The van der Waals surface area contributed by atoms with Crippen molar-refractivity contribution in [3.63, 3.8) is 0 Å². The van der Waals surface area contributed by atoms with Crippen LogP contribution in [0.1, 0.15) is 27.1 Å². The number of anilines is 1. The molecule has 0 radical (unpaired) electrons. The van der Waals surface area contributed by atoms with Gasteiger partial charge in [0.2, 0.25) is 0 Å². The van der Waals surface area contributed by atoms with Crippen molar-refractivity contribution < 1.29 is 14.3 Å². The van der Waals surface area contributed by atoms with Crippen molar-refractivity contribution in [1.82, 2.24) is 10.6 Å². The number of hydrogen-bond donors (Lipinski definition) is 3. The zero-order valence-corrected chi connectivity index (χ0v) is 16.3. The summed E-state index contributed by atoms with van der Waals surface area (Å²) in [5.74, 6) is -0.540. The molecular weight excluding hydrogens is 386 g/mol. The Morgan fingerprint density at radius 1 is 1.07 bits per heavy atom. The third-order valence-corrected chi connectivity index (χ3v) is 3.98. The number of halogens is 1. The van der Waals surface area contributed by atoms with E-state index in [-0.39, 0.29) is 16.9 Å². The van der Waals surface area contributed by atoms with Gasteiger partial charge in [-0.1, -0.05) is 17.7 Å². The maximum atomic E-state index is 12.1. The van der Waals surface area contributed by atoms with Crippen LogP contribution in [0.5, 0.6) is 0 Å². The number of ether oxygens (including phenoxy) is 1. The molecule has 2 amide bonds. The quantitative estimate of drug-likeness (QED) is 0.487. The predicted molar refractivity (Wildman–Crippen MR) is 110 cm³/mol. The minimum Gasteiger partial charge on any atom is -0.385 e. The average molecular weight is 406 g/mol. The molecule has 2 rings (SSSR count). The van der Waals surface area contributed by atoms with Crippen LogP contribution in [0.3, 0.4) is 0 Å². The van der Waals surface area contributed by atoms with Crippen LogP contribution in [0.25, 0.3) is 0 Å². The van der Waals surface area contributed by atoms with Gasteiger partial charge in [-0.25, -0.2) is 0 Å². The summed E-state index contributed by atoms with van der Waals surface area (Å²) in [7, 11) is 1.62. The van der Waals surface area contributed by atoms with Crippen LogP contribution in [0, 0.1) is 0 Å². The van der Waals surface area contributed by atoms with Gasteiger partial charge in [0, 0.05) is 42.1 Å². The van der Waals surface area contributed by atoms with Crippen LogP contribution in [0.15, 0.2) is 48.5 Å². The molecule has 2 aromatic carbocycles. The SMILES string of the molecule is COCCCNC(=O)c1cccc(NC(=S)NC(=O)c2ccc(Cl)cc2)c1. The van der Waals surface area contributed by atoms with E-state index in [9.17, 15) is 9.59 Å². The number of thiocarbonyl (C=S) groups is 1. The minimum absolute atomic E-state index is 0.132. The van der Waals surface area contributed by atoms with Crippen molar-refractivity contribution in [2.75, 3.05) is 25.6 Å². The molecule has 0 saturated heterocycles. The van der Waals surface area contributed by atoms with Crippen molar-refractivity contribution in [3.8, 4) is 0 Å². The zero-order valence-electron chi connectivity index (χ0n) is 14.8. The summed E-state index contributed by atoms with van der Waals surface area (Å²) in [5, 5.41) is 8.97. The largest absolute Gasteiger partial charge is 0.385 e. The highest BCUT2D eigenvalue weighted by Crippen LogP contribution is 2.12. The molecule has 8 heteroatoms. The van der Waals surface area contributed by atoms with Gasteiger partial charge in [-0.3, -0.25) is 14.9 Å². The first kappa shape index (κ1) is 20.8. The van der Waals surface area contributed by atoms with E-state index in [0.29, 0.717) is 35.0 Å².